The zero-order chi connectivity index (χ0) is 17.4. The van der Waals surface area contributed by atoms with Crippen molar-refractivity contribution in [2.45, 2.75) is 92.1 Å². The third-order valence-corrected chi connectivity index (χ3v) is 17.7. The van der Waals surface area contributed by atoms with E-state index in [1.54, 1.807) is 7.11 Å². The Morgan fingerprint density at radius 2 is 1.35 bits per heavy atom. The quantitative estimate of drug-likeness (QED) is 0.196. The third kappa shape index (κ3) is 11.5. The van der Waals surface area contributed by atoms with Crippen LogP contribution in [-0.2, 0) is 9.47 Å². The van der Waals surface area contributed by atoms with E-state index < -0.39 is 18.4 Å². The molecule has 0 radical (unpaired) electrons. The Bertz CT molecular complexity index is 298. The summed E-state index contributed by atoms with van der Waals surface area (Å²) in [5.41, 5.74) is 0. The number of unbranched alkanes of at least 4 members (excludes halogenated alkanes) is 3. The van der Waals surface area contributed by atoms with Gasteiger partial charge in [-0.25, -0.2) is 0 Å². The Morgan fingerprint density at radius 3 is 1.74 bits per heavy atom. The van der Waals surface area contributed by atoms with Gasteiger partial charge in [-0.3, -0.25) is 0 Å². The summed E-state index contributed by atoms with van der Waals surface area (Å²) in [6.45, 7) is 10.4. The molecular weight excluding hydrogens is 391 g/mol. The van der Waals surface area contributed by atoms with Crippen molar-refractivity contribution in [1.29, 1.82) is 0 Å². The van der Waals surface area contributed by atoms with Crippen molar-refractivity contribution in [3.05, 3.63) is 0 Å². The molecule has 0 aromatic carbocycles. The first-order valence-corrected chi connectivity index (χ1v) is 17.3. The molecule has 0 N–H and O–H groups in total. The summed E-state index contributed by atoms with van der Waals surface area (Å²) in [7, 11) is 1.72. The summed E-state index contributed by atoms with van der Waals surface area (Å²) in [5.74, 6) is 3.56. The van der Waals surface area contributed by atoms with Crippen LogP contribution in [-0.4, -0.2) is 44.8 Å². The number of methoxy groups -OCH3 is 1. The summed E-state index contributed by atoms with van der Waals surface area (Å²) < 4.78 is 19.2. The molecule has 0 aliphatic carbocycles. The maximum absolute atomic E-state index is 5.88. The van der Waals surface area contributed by atoms with Gasteiger partial charge in [0, 0.05) is 0 Å². The van der Waals surface area contributed by atoms with Gasteiger partial charge >= 0.3 is 150 Å². The van der Waals surface area contributed by atoms with E-state index in [0.29, 0.717) is 13.2 Å². The van der Waals surface area contributed by atoms with Crippen LogP contribution in [0, 0.1) is 9.86 Å². The van der Waals surface area contributed by atoms with Crippen molar-refractivity contribution in [2.75, 3.05) is 20.3 Å². The van der Waals surface area contributed by atoms with Crippen molar-refractivity contribution < 1.29 is 9.47 Å². The minimum absolute atomic E-state index is 0.103. The second-order valence-electron chi connectivity index (χ2n) is 6.62. The molecule has 0 saturated heterocycles. The van der Waals surface area contributed by atoms with Gasteiger partial charge in [-0.1, -0.05) is 0 Å². The summed E-state index contributed by atoms with van der Waals surface area (Å²) >= 11 is -2.31. The Hall–Kier alpha value is 0.279. The summed E-state index contributed by atoms with van der Waals surface area (Å²) in [4.78, 5) is 0. The second kappa shape index (κ2) is 15.8. The van der Waals surface area contributed by atoms with Gasteiger partial charge in [0.1, 0.15) is 0 Å². The van der Waals surface area contributed by atoms with E-state index >= 15 is 0 Å². The molecule has 0 bridgehead atoms. The first-order valence-electron chi connectivity index (χ1n) is 9.81. The molecule has 2 nitrogen and oxygen atoms in total. The van der Waals surface area contributed by atoms with Crippen molar-refractivity contribution in [1.82, 2.24) is 0 Å². The molecular formula is C20H40O2Sn. The third-order valence-electron chi connectivity index (χ3n) is 4.50. The van der Waals surface area contributed by atoms with E-state index in [9.17, 15) is 0 Å². The van der Waals surface area contributed by atoms with Crippen LogP contribution in [0.25, 0.3) is 0 Å². The zero-order valence-electron chi connectivity index (χ0n) is 16.4. The normalized spacial score (nSPS) is 12.7. The van der Waals surface area contributed by atoms with E-state index in [-0.39, 0.29) is 6.10 Å². The molecule has 1 unspecified atom stereocenters. The molecule has 23 heavy (non-hydrogen) atoms. The monoisotopic (exact) mass is 432 g/mol. The van der Waals surface area contributed by atoms with E-state index in [0.717, 1.165) is 6.42 Å². The Balaban J connectivity index is 5.00. The van der Waals surface area contributed by atoms with Gasteiger partial charge in [-0.2, -0.15) is 0 Å². The number of ether oxygens (including phenoxy) is 2. The molecule has 0 spiro atoms. The fourth-order valence-electron chi connectivity index (χ4n) is 2.88. The van der Waals surface area contributed by atoms with Crippen molar-refractivity contribution in [2.24, 2.45) is 0 Å². The average molecular weight is 431 g/mol. The van der Waals surface area contributed by atoms with E-state index in [1.165, 1.54) is 51.8 Å². The first kappa shape index (κ1) is 23.3. The van der Waals surface area contributed by atoms with Crippen LogP contribution < -0.4 is 0 Å². The number of rotatable bonds is 14. The van der Waals surface area contributed by atoms with E-state index in [1.807, 2.05) is 0 Å². The number of hydrogen-bond donors (Lipinski definition) is 0. The Labute approximate surface area is 150 Å². The van der Waals surface area contributed by atoms with Gasteiger partial charge in [-0.15, -0.1) is 0 Å². The molecule has 0 heterocycles. The van der Waals surface area contributed by atoms with Gasteiger partial charge in [0.2, 0.25) is 0 Å². The zero-order valence-corrected chi connectivity index (χ0v) is 19.2. The molecule has 0 aromatic heterocycles. The van der Waals surface area contributed by atoms with E-state index in [2.05, 4.69) is 37.6 Å². The summed E-state index contributed by atoms with van der Waals surface area (Å²) in [5, 5.41) is 0. The van der Waals surface area contributed by atoms with Crippen molar-refractivity contribution in [3.8, 4) is 9.86 Å². The van der Waals surface area contributed by atoms with Crippen LogP contribution in [0.1, 0.15) is 72.6 Å². The predicted molar refractivity (Wildman–Crippen MR) is 105 cm³/mol. The van der Waals surface area contributed by atoms with Gasteiger partial charge < -0.3 is 0 Å². The molecule has 0 amide bonds. The molecule has 0 saturated carbocycles. The van der Waals surface area contributed by atoms with Crippen molar-refractivity contribution >= 4 is 18.4 Å². The Morgan fingerprint density at radius 1 is 0.826 bits per heavy atom. The molecule has 3 heteroatoms. The van der Waals surface area contributed by atoms with Gasteiger partial charge in [0.15, 0.2) is 0 Å². The molecule has 136 valence electrons. The molecule has 0 aliphatic heterocycles. The Kier molecular flexibility index (Phi) is 16.0. The van der Waals surface area contributed by atoms with Gasteiger partial charge in [-0.05, 0) is 0 Å². The van der Waals surface area contributed by atoms with Crippen LogP contribution in [0.4, 0.5) is 0 Å². The van der Waals surface area contributed by atoms with E-state index in [4.69, 9.17) is 9.47 Å². The van der Waals surface area contributed by atoms with Gasteiger partial charge in [0.25, 0.3) is 0 Å². The molecule has 0 aliphatic rings. The number of hydrogen-bond acceptors (Lipinski definition) is 2. The molecule has 0 fully saturated rings. The average Bonchev–Trinajstić information content (AvgIpc) is 2.58. The van der Waals surface area contributed by atoms with Crippen molar-refractivity contribution in [3.63, 3.8) is 0 Å². The summed E-state index contributed by atoms with van der Waals surface area (Å²) in [6, 6.07) is 0. The second-order valence-corrected chi connectivity index (χ2v) is 18.9. The predicted octanol–water partition coefficient (Wildman–Crippen LogP) is 5.82. The summed E-state index contributed by atoms with van der Waals surface area (Å²) in [6.07, 6.45) is 9.12. The fraction of sp³-hybridized carbons (Fsp3) is 0.900. The van der Waals surface area contributed by atoms with Crippen LogP contribution in [0.15, 0.2) is 0 Å². The first-order chi connectivity index (χ1) is 11.2. The molecule has 0 aromatic rings. The minimum atomic E-state index is -2.31. The topological polar surface area (TPSA) is 18.5 Å². The molecule has 0 rings (SSSR count). The van der Waals surface area contributed by atoms with Gasteiger partial charge in [0.05, 0.1) is 0 Å². The van der Waals surface area contributed by atoms with Crippen LogP contribution >= 0.6 is 0 Å². The van der Waals surface area contributed by atoms with Crippen LogP contribution in [0.2, 0.25) is 13.3 Å². The van der Waals surface area contributed by atoms with Crippen LogP contribution in [0.3, 0.4) is 0 Å². The molecule has 1 atom stereocenters. The standard InChI is InChI=1S/C8H13O2.3C4H9.Sn/c1-4-8(5-2)10-7-6-9-3;3*1-3-4-2;/h8H,4,6-7H2,1,3H3;3*1,3-4H2,2H3;. The fourth-order valence-corrected chi connectivity index (χ4v) is 16.2. The maximum atomic E-state index is 5.88. The SMILES string of the molecule is CCC[CH2][Sn]([C]#CC(CC)OCCOC)([CH2]CCC)[CH2]CCC. The van der Waals surface area contributed by atoms with Crippen LogP contribution in [0.5, 0.6) is 0 Å².